The van der Waals surface area contributed by atoms with Gasteiger partial charge in [-0.2, -0.15) is 5.10 Å². The lowest BCUT2D eigenvalue weighted by molar-refractivity contribution is -0.125. The number of hydrogen-bond donors (Lipinski definition) is 2. The van der Waals surface area contributed by atoms with Gasteiger partial charge in [-0.05, 0) is 37.1 Å². The van der Waals surface area contributed by atoms with E-state index in [0.717, 1.165) is 5.56 Å². The van der Waals surface area contributed by atoms with Gasteiger partial charge >= 0.3 is 6.03 Å². The average Bonchev–Trinajstić information content (AvgIpc) is 3.55. The summed E-state index contributed by atoms with van der Waals surface area (Å²) in [6.45, 7) is 6.31. The van der Waals surface area contributed by atoms with Crippen LogP contribution in [0.1, 0.15) is 21.7 Å². The third kappa shape index (κ3) is 4.42. The number of amides is 4. The lowest BCUT2D eigenvalue weighted by Gasteiger charge is -2.29. The Bertz CT molecular complexity index is 1640. The number of hydrogen-bond acceptors (Lipinski definition) is 9. The fourth-order valence-electron chi connectivity index (χ4n) is 4.70. The van der Waals surface area contributed by atoms with Crippen molar-refractivity contribution in [2.45, 2.75) is 19.4 Å². The first-order valence-electron chi connectivity index (χ1n) is 12.1. The lowest BCUT2D eigenvalue weighted by atomic mass is 10.1. The van der Waals surface area contributed by atoms with E-state index in [1.54, 1.807) is 47.8 Å². The summed E-state index contributed by atoms with van der Waals surface area (Å²) in [5.74, 6) is 0.122. The Morgan fingerprint density at radius 2 is 2.10 bits per heavy atom. The van der Waals surface area contributed by atoms with E-state index >= 15 is 0 Å². The molecule has 4 aromatic heterocycles. The molecule has 0 spiro atoms. The Morgan fingerprint density at radius 1 is 1.23 bits per heavy atom. The number of rotatable bonds is 6. The zero-order valence-corrected chi connectivity index (χ0v) is 21.6. The minimum absolute atomic E-state index is 0.164. The van der Waals surface area contributed by atoms with E-state index in [4.69, 9.17) is 4.74 Å². The van der Waals surface area contributed by atoms with Gasteiger partial charge in [0.25, 0.3) is 5.91 Å². The van der Waals surface area contributed by atoms with Gasteiger partial charge in [0.1, 0.15) is 9.71 Å². The zero-order chi connectivity index (χ0) is 27.1. The van der Waals surface area contributed by atoms with E-state index in [1.807, 2.05) is 6.92 Å². The van der Waals surface area contributed by atoms with Crippen LogP contribution in [0.2, 0.25) is 0 Å². The van der Waals surface area contributed by atoms with Crippen molar-refractivity contribution in [3.8, 4) is 11.8 Å². The van der Waals surface area contributed by atoms with Gasteiger partial charge in [-0.1, -0.05) is 6.58 Å². The highest BCUT2D eigenvalue weighted by Crippen LogP contribution is 2.46. The van der Waals surface area contributed by atoms with Gasteiger partial charge in [0.15, 0.2) is 0 Å². The van der Waals surface area contributed by atoms with Crippen LogP contribution in [0, 0.1) is 6.92 Å². The number of pyridine rings is 2. The molecule has 4 amide bonds. The Morgan fingerprint density at radius 3 is 2.87 bits per heavy atom. The topological polar surface area (TPSA) is 143 Å². The number of aromatic nitrogens is 4. The van der Waals surface area contributed by atoms with E-state index in [1.165, 1.54) is 22.3 Å². The molecule has 2 N–H and O–H groups in total. The van der Waals surface area contributed by atoms with Crippen LogP contribution in [-0.4, -0.2) is 62.0 Å². The molecule has 2 aliphatic heterocycles. The molecule has 196 valence electrons. The molecule has 1 fully saturated rings. The van der Waals surface area contributed by atoms with Crippen molar-refractivity contribution in [2.75, 3.05) is 23.3 Å². The molecule has 39 heavy (non-hydrogen) atoms. The molecule has 0 aromatic carbocycles. The summed E-state index contributed by atoms with van der Waals surface area (Å²) in [6.07, 6.45) is 6.60. The second-order valence-electron chi connectivity index (χ2n) is 9.00. The minimum atomic E-state index is -0.432. The van der Waals surface area contributed by atoms with Crippen LogP contribution >= 0.6 is 11.3 Å². The van der Waals surface area contributed by atoms with Gasteiger partial charge < -0.3 is 20.3 Å². The second-order valence-corrected chi connectivity index (χ2v) is 10.0. The molecule has 0 bridgehead atoms. The first-order chi connectivity index (χ1) is 18.9. The maximum absolute atomic E-state index is 13.4. The Hall–Kier alpha value is -4.91. The van der Waals surface area contributed by atoms with E-state index in [-0.39, 0.29) is 17.9 Å². The molecule has 1 atom stereocenters. The predicted molar refractivity (Wildman–Crippen MR) is 145 cm³/mol. The summed E-state index contributed by atoms with van der Waals surface area (Å²) >= 11 is 1.20. The molecule has 1 unspecified atom stereocenters. The van der Waals surface area contributed by atoms with Crippen LogP contribution < -0.4 is 20.3 Å². The number of aryl methyl sites for hydroxylation is 1. The first-order valence-corrected chi connectivity index (χ1v) is 12.9. The molecule has 13 heteroatoms. The van der Waals surface area contributed by atoms with E-state index in [0.29, 0.717) is 63.4 Å². The summed E-state index contributed by atoms with van der Waals surface area (Å²) in [5, 5.41) is 14.2. The van der Waals surface area contributed by atoms with Crippen molar-refractivity contribution in [3.63, 3.8) is 0 Å². The summed E-state index contributed by atoms with van der Waals surface area (Å²) in [6, 6.07) is 6.18. The van der Waals surface area contributed by atoms with Gasteiger partial charge in [-0.25, -0.2) is 14.8 Å². The number of urea groups is 1. The highest BCUT2D eigenvalue weighted by molar-refractivity contribution is 7.21. The monoisotopic (exact) mass is 542 g/mol. The molecule has 2 aliphatic rings. The molecular weight excluding hydrogens is 520 g/mol. The van der Waals surface area contributed by atoms with Crippen LogP contribution in [0.15, 0.2) is 55.5 Å². The third-order valence-corrected chi connectivity index (χ3v) is 7.61. The average molecular weight is 543 g/mol. The molecule has 4 aromatic rings. The number of thiophene rings is 1. The summed E-state index contributed by atoms with van der Waals surface area (Å²) < 4.78 is 5.67. The number of likely N-dealkylation sites (tertiary alicyclic amines) is 1. The molecular formula is C26H22N8O4S. The highest BCUT2D eigenvalue weighted by atomic mass is 32.1. The highest BCUT2D eigenvalue weighted by Gasteiger charge is 2.34. The molecule has 6 rings (SSSR count). The summed E-state index contributed by atoms with van der Waals surface area (Å²) in [7, 11) is 0. The number of ether oxygens (including phenoxy) is 1. The SMILES string of the molecule is C=CC(=O)N1CCC(NC(=O)c2sc3nccc4c3c2NC(=O)N4c2cnc(Oc3cccnn3)cc2C)C1. The van der Waals surface area contributed by atoms with E-state index < -0.39 is 6.03 Å². The number of nitrogens with zero attached hydrogens (tertiary/aromatic N) is 6. The van der Waals surface area contributed by atoms with Gasteiger partial charge in [-0.3, -0.25) is 14.5 Å². The van der Waals surface area contributed by atoms with Crippen molar-refractivity contribution < 1.29 is 19.1 Å². The van der Waals surface area contributed by atoms with Crippen molar-refractivity contribution >= 4 is 56.5 Å². The Kier molecular flexibility index (Phi) is 6.11. The molecule has 0 aliphatic carbocycles. The van der Waals surface area contributed by atoms with E-state index in [2.05, 4.69) is 37.4 Å². The molecule has 0 radical (unpaired) electrons. The number of carbonyl (C=O) groups is 3. The van der Waals surface area contributed by atoms with Gasteiger partial charge in [0, 0.05) is 43.7 Å². The second kappa shape index (κ2) is 9.76. The predicted octanol–water partition coefficient (Wildman–Crippen LogP) is 3.78. The van der Waals surface area contributed by atoms with Gasteiger partial charge in [-0.15, -0.1) is 16.4 Å². The number of nitrogens with one attached hydrogen (secondary N) is 2. The smallest absolute Gasteiger partial charge is 0.331 e. The zero-order valence-electron chi connectivity index (χ0n) is 20.7. The molecule has 0 saturated carbocycles. The normalized spacial score (nSPS) is 16.2. The molecule has 12 nitrogen and oxygen atoms in total. The maximum Gasteiger partial charge on any atom is 0.331 e. The number of anilines is 3. The Labute approximate surface area is 226 Å². The van der Waals surface area contributed by atoms with Gasteiger partial charge in [0.05, 0.1) is 28.6 Å². The minimum Gasteiger partial charge on any atom is -0.419 e. The summed E-state index contributed by atoms with van der Waals surface area (Å²) in [4.78, 5) is 51.5. The quantitative estimate of drug-likeness (QED) is 0.351. The van der Waals surface area contributed by atoms with Crippen LogP contribution in [0.5, 0.6) is 11.8 Å². The van der Waals surface area contributed by atoms with Crippen LogP contribution in [0.3, 0.4) is 0 Å². The van der Waals surface area contributed by atoms with Crippen molar-refractivity contribution in [1.82, 2.24) is 30.4 Å². The Balaban J connectivity index is 1.29. The van der Waals surface area contributed by atoms with Crippen molar-refractivity contribution in [3.05, 3.63) is 66.0 Å². The van der Waals surface area contributed by atoms with Crippen LogP contribution in [-0.2, 0) is 4.79 Å². The van der Waals surface area contributed by atoms with Crippen molar-refractivity contribution in [2.24, 2.45) is 0 Å². The van der Waals surface area contributed by atoms with E-state index in [9.17, 15) is 14.4 Å². The lowest BCUT2D eigenvalue weighted by Crippen LogP contribution is -2.39. The summed E-state index contributed by atoms with van der Waals surface area (Å²) in [5.41, 5.74) is 2.29. The third-order valence-electron chi connectivity index (χ3n) is 6.52. The molecule has 6 heterocycles. The van der Waals surface area contributed by atoms with Crippen molar-refractivity contribution in [1.29, 1.82) is 0 Å². The standard InChI is InChI=1S/C26H22N8O4S/c1-3-20(35)33-10-7-15(13-33)30-24(36)23-22-21-16(6-9-27-25(21)39-23)34(26(37)31-22)17-12-28-19(11-14(17)2)38-18-5-4-8-29-32-18/h3-6,8-9,11-12,15H,1,7,10,13H2,2H3,(H,30,36)(H,31,37). The fourth-order valence-corrected chi connectivity index (χ4v) is 5.73. The number of carbonyl (C=O) groups excluding carboxylic acids is 3. The van der Waals surface area contributed by atoms with Crippen LogP contribution in [0.4, 0.5) is 21.9 Å². The maximum atomic E-state index is 13.4. The van der Waals surface area contributed by atoms with Crippen LogP contribution in [0.25, 0.3) is 10.2 Å². The fraction of sp³-hybridized carbons (Fsp3) is 0.192. The first kappa shape index (κ1) is 24.4. The largest absolute Gasteiger partial charge is 0.419 e. The van der Waals surface area contributed by atoms with Gasteiger partial charge in [0.2, 0.25) is 17.7 Å². The molecule has 1 saturated heterocycles.